The zero-order valence-corrected chi connectivity index (χ0v) is 52.9. The van der Waals surface area contributed by atoms with Crippen LogP contribution in [-0.4, -0.2) is 149 Å². The molecule has 0 radical (unpaired) electrons. The number of anilines is 5. The summed E-state index contributed by atoms with van der Waals surface area (Å²) >= 11 is 17.5. The predicted molar refractivity (Wildman–Crippen MR) is 338 cm³/mol. The van der Waals surface area contributed by atoms with Gasteiger partial charge in [-0.25, -0.2) is 34.9 Å². The molecule has 0 amide bonds. The molecule has 3 aliphatic heterocycles. The number of ether oxygens (including phenoxy) is 4. The third-order valence-electron chi connectivity index (χ3n) is 18.7. The van der Waals surface area contributed by atoms with Crippen LogP contribution in [0.15, 0.2) is 49.3 Å². The number of aliphatic hydroxyl groups is 3. The molecule has 2 aromatic carbocycles. The summed E-state index contributed by atoms with van der Waals surface area (Å²) in [5.41, 5.74) is 16.6. The Morgan fingerprint density at radius 3 is 1.67 bits per heavy atom. The molecule has 3 saturated heterocycles. The van der Waals surface area contributed by atoms with E-state index in [-0.39, 0.29) is 30.6 Å². The molecule has 8 heterocycles. The first-order chi connectivity index (χ1) is 42.7. The molecule has 5 aromatic heterocycles. The van der Waals surface area contributed by atoms with E-state index < -0.39 is 0 Å². The summed E-state index contributed by atoms with van der Waals surface area (Å²) in [6.45, 7) is 4.86. The molecular weight excluding hydrogens is 1190 g/mol. The van der Waals surface area contributed by atoms with E-state index >= 15 is 0 Å². The molecule has 0 unspecified atom stereocenters. The van der Waals surface area contributed by atoms with Gasteiger partial charge in [-0.15, -0.1) is 0 Å². The van der Waals surface area contributed by atoms with Crippen LogP contribution in [0.3, 0.4) is 0 Å². The first-order valence-electron chi connectivity index (χ1n) is 30.6. The van der Waals surface area contributed by atoms with E-state index in [1.54, 1.807) is 51.9 Å². The first kappa shape index (κ1) is 61.4. The number of aromatic nitrogens is 10. The number of imidazole rings is 2. The van der Waals surface area contributed by atoms with Crippen LogP contribution >= 0.6 is 34.8 Å². The zero-order valence-electron chi connectivity index (χ0n) is 50.6. The van der Waals surface area contributed by atoms with E-state index in [9.17, 15) is 10.2 Å². The quantitative estimate of drug-likeness (QED) is 0.0466. The number of hydrogen-bond donors (Lipinski definition) is 6. The van der Waals surface area contributed by atoms with Crippen molar-refractivity contribution in [3.05, 3.63) is 110 Å². The Morgan fingerprint density at radius 1 is 0.580 bits per heavy atom. The zero-order chi connectivity index (χ0) is 61.5. The van der Waals surface area contributed by atoms with Gasteiger partial charge in [0.05, 0.1) is 101 Å². The number of nitrogen functional groups attached to an aromatic ring is 1. The van der Waals surface area contributed by atoms with Crippen molar-refractivity contribution >= 4 is 64.0 Å². The topological polar surface area (TPSA) is 267 Å². The summed E-state index contributed by atoms with van der Waals surface area (Å²) in [5, 5.41) is 35.9. The van der Waals surface area contributed by atoms with Crippen molar-refractivity contribution in [3.8, 4) is 34.4 Å². The summed E-state index contributed by atoms with van der Waals surface area (Å²) < 4.78 is 25.1. The average Bonchev–Trinajstić information content (AvgIpc) is 1.63. The number of nitrogens with one attached hydrogen (secondary N) is 2. The van der Waals surface area contributed by atoms with E-state index in [2.05, 4.69) is 70.3 Å². The van der Waals surface area contributed by atoms with Crippen molar-refractivity contribution in [2.45, 2.75) is 146 Å². The van der Waals surface area contributed by atoms with Gasteiger partial charge in [-0.05, 0) is 168 Å². The van der Waals surface area contributed by atoms with E-state index in [0.717, 1.165) is 145 Å². The van der Waals surface area contributed by atoms with Gasteiger partial charge in [0, 0.05) is 59.1 Å². The highest BCUT2D eigenvalue weighted by atomic mass is 35.5. The molecule has 468 valence electrons. The highest BCUT2D eigenvalue weighted by Crippen LogP contribution is 2.52. The van der Waals surface area contributed by atoms with Crippen LogP contribution in [0.5, 0.6) is 23.0 Å². The van der Waals surface area contributed by atoms with E-state index in [1.165, 1.54) is 42.4 Å². The Morgan fingerprint density at radius 2 is 1.12 bits per heavy atom. The molecule has 3 saturated carbocycles. The summed E-state index contributed by atoms with van der Waals surface area (Å²) in [7, 11) is 6.41. The number of fused-ring (bicyclic) bond motifs is 6. The molecule has 7 N–H and O–H groups in total. The number of piperidine rings is 3. The molecule has 6 aliphatic carbocycles. The molecule has 22 nitrogen and oxygen atoms in total. The van der Waals surface area contributed by atoms with E-state index in [4.69, 9.17) is 74.6 Å². The van der Waals surface area contributed by atoms with Crippen LogP contribution < -0.4 is 45.1 Å². The van der Waals surface area contributed by atoms with Crippen LogP contribution in [0.1, 0.15) is 103 Å². The van der Waals surface area contributed by atoms with Crippen molar-refractivity contribution < 1.29 is 34.3 Å². The van der Waals surface area contributed by atoms with Gasteiger partial charge in [-0.2, -0.15) is 4.98 Å². The van der Waals surface area contributed by atoms with Crippen molar-refractivity contribution in [3.63, 3.8) is 0 Å². The van der Waals surface area contributed by atoms with Crippen LogP contribution in [0.4, 0.5) is 29.2 Å². The standard InChI is InChI=1S/C25H30N6O2.C13H16ClN3O.C12H15N3O3.C7H6Cl2N2.C6H11NO/c1-14-7-17(10-22(33-3)15(14)2)30-11-23(26-13-30)28-25-27-20-6-4-5-19(20)24(29-25)31-18(12-32)8-16-9-21(16)31;14-13-15-10-3-1-2-9(10)12(16-13)17-8(6-18)4-7-5-11(7)17;1-16-9-4-8(15-6-11(13)14-7-15)5-10(17-2)12(9)18-3;8-6-4-2-1-3-5(4)10-7(9)11-6;8-3-5-1-4-2-6(4)7-5/h7,10-11,13,16,18,21,32H,4-6,8-9,12H2,1-3H3,(H,27,28,29);7-8,11,18H,1-6H2;4-7H,13H2,1-3H3;1-3H2;4-8H,1-3H2/t16-,18-,21+;7-,8-,11+;;;4-,5-,6+/m00..0/s1. The Hall–Kier alpha value is -6.79. The number of hydrogen-bond acceptors (Lipinski definition) is 20. The lowest BCUT2D eigenvalue weighted by atomic mass is 10.1. The van der Waals surface area contributed by atoms with Crippen molar-refractivity contribution in [2.24, 2.45) is 17.8 Å². The minimum absolute atomic E-state index is 0.167. The van der Waals surface area contributed by atoms with Crippen LogP contribution in [0.2, 0.25) is 15.7 Å². The maximum atomic E-state index is 9.95. The van der Waals surface area contributed by atoms with Gasteiger partial charge in [0.1, 0.15) is 41.0 Å². The fraction of sp³-hybridized carbons (Fsp3) is 0.524. The molecule has 9 aliphatic rings. The van der Waals surface area contributed by atoms with E-state index in [1.807, 2.05) is 29.0 Å². The van der Waals surface area contributed by atoms with Crippen LogP contribution in [0.25, 0.3) is 11.4 Å². The van der Waals surface area contributed by atoms with E-state index in [0.29, 0.717) is 75.9 Å². The van der Waals surface area contributed by atoms with Crippen LogP contribution in [0, 0.1) is 31.6 Å². The monoisotopic (exact) mass is 1260 g/mol. The number of methoxy groups -OCH3 is 4. The second-order valence-electron chi connectivity index (χ2n) is 24.2. The lowest BCUT2D eigenvalue weighted by Crippen LogP contribution is -2.37. The molecular formula is C63H78Cl3N15O7. The summed E-state index contributed by atoms with van der Waals surface area (Å²) in [6.07, 6.45) is 23.6. The van der Waals surface area contributed by atoms with Gasteiger partial charge < -0.3 is 69.6 Å². The number of aliphatic hydroxyl groups excluding tert-OH is 3. The van der Waals surface area contributed by atoms with Gasteiger partial charge in [0.15, 0.2) is 17.3 Å². The number of benzene rings is 2. The molecule has 6 fully saturated rings. The smallest absolute Gasteiger partial charge is 0.230 e. The molecule has 7 aromatic rings. The molecule has 0 spiro atoms. The first-order valence-corrected chi connectivity index (χ1v) is 31.7. The number of nitrogens with zero attached hydrogens (tertiary/aromatic N) is 12. The maximum Gasteiger partial charge on any atom is 0.230 e. The second kappa shape index (κ2) is 26.3. The fourth-order valence-corrected chi connectivity index (χ4v) is 14.5. The Kier molecular flexibility index (Phi) is 18.4. The number of rotatable bonds is 13. The average molecular weight is 1260 g/mol. The van der Waals surface area contributed by atoms with Gasteiger partial charge in [0.25, 0.3) is 0 Å². The summed E-state index contributed by atoms with van der Waals surface area (Å²) in [5.74, 6) is 8.71. The lowest BCUT2D eigenvalue weighted by molar-refractivity contribution is 0.246. The normalized spacial score (nSPS) is 23.9. The highest BCUT2D eigenvalue weighted by molar-refractivity contribution is 6.32. The van der Waals surface area contributed by atoms with Crippen molar-refractivity contribution in [1.82, 2.24) is 54.3 Å². The Labute approximate surface area is 527 Å². The third kappa shape index (κ3) is 13.0. The SMILES string of the molecule is COc1cc(-n2cnc(N)c2)cc(OC)c1OC.COc1cc(-n2cnc(Nc3nc4c(c(N5[C@H](CO)C[C@H]6C[C@H]65)n3)CCC4)c2)cc(C)c1C.Clc1nc(Cl)c2c(n1)CCC2.OC[C@@H]1C[C@H]2C[C@H]2N1.OC[C@@H]1C[C@H]2C[C@H]2N1c1nc(Cl)nc2c1CCC2. The second-order valence-corrected chi connectivity index (χ2v) is 25.3. The summed E-state index contributed by atoms with van der Waals surface area (Å²) in [4.78, 5) is 39.8. The van der Waals surface area contributed by atoms with Gasteiger partial charge in [0.2, 0.25) is 22.3 Å². The molecule has 16 rings (SSSR count). The van der Waals surface area contributed by atoms with Crippen LogP contribution in [-0.2, 0) is 38.5 Å². The van der Waals surface area contributed by atoms with Gasteiger partial charge in [-0.3, -0.25) is 0 Å². The largest absolute Gasteiger partial charge is 0.496 e. The Bertz CT molecular complexity index is 3630. The third-order valence-corrected chi connectivity index (χ3v) is 19.3. The molecule has 9 atom stereocenters. The maximum absolute atomic E-state index is 9.95. The summed E-state index contributed by atoms with van der Waals surface area (Å²) in [6, 6.07) is 10.5. The van der Waals surface area contributed by atoms with Gasteiger partial charge >= 0.3 is 0 Å². The van der Waals surface area contributed by atoms with Gasteiger partial charge in [-0.1, -0.05) is 11.6 Å². The molecule has 0 bridgehead atoms. The molecule has 25 heteroatoms. The lowest BCUT2D eigenvalue weighted by Gasteiger charge is -2.29. The predicted octanol–water partition coefficient (Wildman–Crippen LogP) is 8.54. The Balaban J connectivity index is 0.000000117. The van der Waals surface area contributed by atoms with Crippen molar-refractivity contribution in [2.75, 3.05) is 69.1 Å². The highest BCUT2D eigenvalue weighted by Gasteiger charge is 2.54. The fourth-order valence-electron chi connectivity index (χ4n) is 13.8. The van der Waals surface area contributed by atoms with Crippen molar-refractivity contribution in [1.29, 1.82) is 0 Å². The minimum Gasteiger partial charge on any atom is -0.496 e. The number of aryl methyl sites for hydroxylation is 4. The number of halogens is 3. The minimum atomic E-state index is 0.167. The number of nitrogens with two attached hydrogens (primary N) is 1. The molecule has 88 heavy (non-hydrogen) atoms.